The minimum absolute atomic E-state index is 0.0716. The van der Waals surface area contributed by atoms with Crippen LogP contribution in [0.2, 0.25) is 0 Å². The molecule has 128 valence electrons. The van der Waals surface area contributed by atoms with Crippen LogP contribution < -0.4 is 0 Å². The average molecular weight is 328 g/mol. The number of nitrogens with zero attached hydrogens (tertiary/aromatic N) is 4. The van der Waals surface area contributed by atoms with Crippen LogP contribution in [0.15, 0.2) is 36.5 Å². The summed E-state index contributed by atoms with van der Waals surface area (Å²) >= 11 is 0. The lowest BCUT2D eigenvalue weighted by atomic mass is 10.2. The summed E-state index contributed by atoms with van der Waals surface area (Å²) in [4.78, 5) is 20.6. The van der Waals surface area contributed by atoms with E-state index in [2.05, 4.69) is 26.6 Å². The van der Waals surface area contributed by atoms with E-state index in [1.807, 2.05) is 36.2 Å². The zero-order chi connectivity index (χ0) is 16.9. The number of hydrogen-bond acceptors (Lipinski definition) is 4. The fourth-order valence-corrected chi connectivity index (χ4v) is 3.13. The summed E-state index contributed by atoms with van der Waals surface area (Å²) in [6.07, 6.45) is 1.95. The van der Waals surface area contributed by atoms with Crippen LogP contribution >= 0.6 is 0 Å². The van der Waals surface area contributed by atoms with Gasteiger partial charge in [0.1, 0.15) is 12.4 Å². The highest BCUT2D eigenvalue weighted by Gasteiger charge is 2.22. The van der Waals surface area contributed by atoms with Crippen LogP contribution in [-0.4, -0.2) is 65.2 Å². The number of benzene rings is 1. The molecule has 1 aromatic carbocycles. The van der Waals surface area contributed by atoms with E-state index in [1.54, 1.807) is 7.11 Å². The Kier molecular flexibility index (Phi) is 5.27. The van der Waals surface area contributed by atoms with Crippen LogP contribution in [0.25, 0.3) is 5.69 Å². The number of hydrogen-bond donors (Lipinski definition) is 0. The Labute approximate surface area is 142 Å². The van der Waals surface area contributed by atoms with Crippen LogP contribution in [0.5, 0.6) is 0 Å². The highest BCUT2D eigenvalue weighted by atomic mass is 16.5. The Hall–Kier alpha value is -2.18. The number of amides is 1. The monoisotopic (exact) mass is 328 g/mol. The molecule has 0 aliphatic carbocycles. The van der Waals surface area contributed by atoms with E-state index in [4.69, 9.17) is 4.74 Å². The number of methoxy groups -OCH3 is 1. The first-order chi connectivity index (χ1) is 11.7. The van der Waals surface area contributed by atoms with Gasteiger partial charge in [0.05, 0.1) is 11.9 Å². The Balaban J connectivity index is 1.65. The van der Waals surface area contributed by atoms with E-state index in [9.17, 15) is 4.79 Å². The van der Waals surface area contributed by atoms with Gasteiger partial charge in [-0.05, 0) is 19.1 Å². The molecule has 2 aromatic rings. The summed E-state index contributed by atoms with van der Waals surface area (Å²) in [5, 5.41) is 0. The normalized spacial score (nSPS) is 15.7. The summed E-state index contributed by atoms with van der Waals surface area (Å²) in [6, 6.07) is 10.3. The van der Waals surface area contributed by atoms with Crippen molar-refractivity contribution >= 4 is 5.91 Å². The van der Waals surface area contributed by atoms with Crippen molar-refractivity contribution in [2.24, 2.45) is 0 Å². The molecular weight excluding hydrogens is 304 g/mol. The maximum absolute atomic E-state index is 11.9. The van der Waals surface area contributed by atoms with E-state index in [0.717, 1.165) is 44.2 Å². The quantitative estimate of drug-likeness (QED) is 0.834. The number of para-hydroxylation sites is 1. The van der Waals surface area contributed by atoms with Crippen molar-refractivity contribution in [2.45, 2.75) is 13.5 Å². The lowest BCUT2D eigenvalue weighted by molar-refractivity contribution is -0.136. The minimum atomic E-state index is 0.0716. The smallest absolute Gasteiger partial charge is 0.248 e. The highest BCUT2D eigenvalue weighted by Crippen LogP contribution is 2.17. The fourth-order valence-electron chi connectivity index (χ4n) is 3.13. The lowest BCUT2D eigenvalue weighted by Crippen LogP contribution is -2.49. The molecule has 0 atom stereocenters. The van der Waals surface area contributed by atoms with E-state index in [0.29, 0.717) is 0 Å². The second-order valence-corrected chi connectivity index (χ2v) is 6.06. The van der Waals surface area contributed by atoms with Crippen LogP contribution in [-0.2, 0) is 16.1 Å². The molecule has 1 aliphatic rings. The molecule has 6 heteroatoms. The number of aromatic nitrogens is 2. The molecule has 1 aliphatic heterocycles. The SMILES string of the molecule is COCC(=O)N1CCN(Cc2cnc(C)n2-c2ccccc2)CC1. The third-order valence-electron chi connectivity index (χ3n) is 4.40. The molecule has 0 N–H and O–H groups in total. The topological polar surface area (TPSA) is 50.6 Å². The molecule has 1 amide bonds. The van der Waals surface area contributed by atoms with Crippen LogP contribution in [0.3, 0.4) is 0 Å². The van der Waals surface area contributed by atoms with E-state index >= 15 is 0 Å². The van der Waals surface area contributed by atoms with Crippen molar-refractivity contribution < 1.29 is 9.53 Å². The molecule has 1 saturated heterocycles. The van der Waals surface area contributed by atoms with E-state index in [-0.39, 0.29) is 12.5 Å². The second kappa shape index (κ2) is 7.59. The first kappa shape index (κ1) is 16.7. The second-order valence-electron chi connectivity index (χ2n) is 6.06. The number of piperazine rings is 1. The van der Waals surface area contributed by atoms with Gasteiger partial charge in [0, 0.05) is 45.5 Å². The number of aryl methyl sites for hydroxylation is 1. The first-order valence-corrected chi connectivity index (χ1v) is 8.26. The molecule has 1 aromatic heterocycles. The number of carbonyl (C=O) groups is 1. The Bertz CT molecular complexity index is 676. The van der Waals surface area contributed by atoms with Crippen LogP contribution in [0.1, 0.15) is 11.5 Å². The summed E-state index contributed by atoms with van der Waals surface area (Å²) < 4.78 is 7.13. The third-order valence-corrected chi connectivity index (χ3v) is 4.40. The molecule has 1 fully saturated rings. The molecule has 0 bridgehead atoms. The molecule has 24 heavy (non-hydrogen) atoms. The minimum Gasteiger partial charge on any atom is -0.375 e. The summed E-state index contributed by atoms with van der Waals surface area (Å²) in [5.74, 6) is 1.06. The summed E-state index contributed by atoms with van der Waals surface area (Å²) in [6.45, 7) is 6.27. The number of rotatable bonds is 5. The van der Waals surface area contributed by atoms with Gasteiger partial charge in [-0.25, -0.2) is 4.98 Å². The highest BCUT2D eigenvalue weighted by molar-refractivity contribution is 5.77. The molecule has 2 heterocycles. The molecule has 0 unspecified atom stereocenters. The van der Waals surface area contributed by atoms with Gasteiger partial charge < -0.3 is 9.64 Å². The van der Waals surface area contributed by atoms with Crippen molar-refractivity contribution in [3.63, 3.8) is 0 Å². The Morgan fingerprint density at radius 3 is 2.54 bits per heavy atom. The van der Waals surface area contributed by atoms with Crippen LogP contribution in [0, 0.1) is 6.92 Å². The van der Waals surface area contributed by atoms with Crippen molar-refractivity contribution in [2.75, 3.05) is 39.9 Å². The van der Waals surface area contributed by atoms with Gasteiger partial charge in [0.2, 0.25) is 5.91 Å². The van der Waals surface area contributed by atoms with Crippen LogP contribution in [0.4, 0.5) is 0 Å². The molecule has 3 rings (SSSR count). The molecule has 0 radical (unpaired) electrons. The maximum atomic E-state index is 11.9. The van der Waals surface area contributed by atoms with Gasteiger partial charge in [0.25, 0.3) is 0 Å². The first-order valence-electron chi connectivity index (χ1n) is 8.26. The van der Waals surface area contributed by atoms with Gasteiger partial charge in [-0.2, -0.15) is 0 Å². The molecule has 6 nitrogen and oxygen atoms in total. The van der Waals surface area contributed by atoms with Crippen molar-refractivity contribution in [1.82, 2.24) is 19.4 Å². The summed E-state index contributed by atoms with van der Waals surface area (Å²) in [5.41, 5.74) is 2.31. The van der Waals surface area contributed by atoms with Gasteiger partial charge in [-0.3, -0.25) is 14.3 Å². The zero-order valence-electron chi connectivity index (χ0n) is 14.3. The predicted molar refractivity (Wildman–Crippen MR) is 92.0 cm³/mol. The average Bonchev–Trinajstić information content (AvgIpc) is 2.97. The third kappa shape index (κ3) is 3.66. The zero-order valence-corrected chi connectivity index (χ0v) is 14.3. The standard InChI is InChI=1S/C18H24N4O2/c1-15-19-12-17(22(15)16-6-4-3-5-7-16)13-20-8-10-21(11-9-20)18(23)14-24-2/h3-7,12H,8-11,13-14H2,1-2H3. The Morgan fingerprint density at radius 1 is 1.17 bits per heavy atom. The molecular formula is C18H24N4O2. The number of imidazole rings is 1. The Morgan fingerprint density at radius 2 is 1.88 bits per heavy atom. The predicted octanol–water partition coefficient (Wildman–Crippen LogP) is 1.47. The van der Waals surface area contributed by atoms with Gasteiger partial charge in [-0.15, -0.1) is 0 Å². The van der Waals surface area contributed by atoms with Crippen molar-refractivity contribution in [3.05, 3.63) is 48.0 Å². The molecule has 0 spiro atoms. The molecule has 0 saturated carbocycles. The largest absolute Gasteiger partial charge is 0.375 e. The van der Waals surface area contributed by atoms with E-state index in [1.165, 1.54) is 5.69 Å². The lowest BCUT2D eigenvalue weighted by Gasteiger charge is -2.34. The number of carbonyl (C=O) groups excluding carboxylic acids is 1. The van der Waals surface area contributed by atoms with Gasteiger partial charge in [-0.1, -0.05) is 18.2 Å². The number of ether oxygens (including phenoxy) is 1. The van der Waals surface area contributed by atoms with Gasteiger partial charge in [0.15, 0.2) is 0 Å². The summed E-state index contributed by atoms with van der Waals surface area (Å²) in [7, 11) is 1.56. The van der Waals surface area contributed by atoms with Crippen molar-refractivity contribution in [1.29, 1.82) is 0 Å². The van der Waals surface area contributed by atoms with E-state index < -0.39 is 0 Å². The fraction of sp³-hybridized carbons (Fsp3) is 0.444. The van der Waals surface area contributed by atoms with Crippen molar-refractivity contribution in [3.8, 4) is 5.69 Å². The maximum Gasteiger partial charge on any atom is 0.248 e. The van der Waals surface area contributed by atoms with Gasteiger partial charge >= 0.3 is 0 Å².